The molecule has 0 radical (unpaired) electrons. The van der Waals surface area contributed by atoms with Crippen LogP contribution in [0, 0.1) is 0 Å². The van der Waals surface area contributed by atoms with Crippen LogP contribution in [0.4, 0.5) is 5.13 Å². The number of hydrogen-bond donors (Lipinski definition) is 0. The molecule has 6 nitrogen and oxygen atoms in total. The minimum absolute atomic E-state index is 0.111. The summed E-state index contributed by atoms with van der Waals surface area (Å²) < 4.78 is 8.19. The van der Waals surface area contributed by atoms with Gasteiger partial charge >= 0.3 is 0 Å². The van der Waals surface area contributed by atoms with Gasteiger partial charge in [0, 0.05) is 65.0 Å². The van der Waals surface area contributed by atoms with Gasteiger partial charge in [-0.2, -0.15) is 0 Å². The number of anilines is 1. The number of nitrogens with zero attached hydrogens (tertiary/aromatic N) is 5. The first-order valence-electron chi connectivity index (χ1n) is 10.7. The SMILES string of the molecule is COc1cc(-c2cccnc2)ccc1-c1nnc(N(C)C2CC(C)(C)N(I)C(C)(C)C2)s1. The maximum atomic E-state index is 5.71. The van der Waals surface area contributed by atoms with Gasteiger partial charge in [-0.25, -0.2) is 3.11 Å². The van der Waals surface area contributed by atoms with Crippen molar-refractivity contribution in [1.29, 1.82) is 0 Å². The second-order valence-electron chi connectivity index (χ2n) is 9.63. The summed E-state index contributed by atoms with van der Waals surface area (Å²) in [5.41, 5.74) is 3.30. The molecule has 0 aliphatic carbocycles. The Balaban J connectivity index is 1.60. The molecule has 1 saturated heterocycles. The van der Waals surface area contributed by atoms with E-state index < -0.39 is 0 Å². The lowest BCUT2D eigenvalue weighted by molar-refractivity contribution is 0.0724. The molecule has 0 bridgehead atoms. The minimum atomic E-state index is 0.111. The molecule has 1 aliphatic heterocycles. The van der Waals surface area contributed by atoms with Crippen LogP contribution in [0.25, 0.3) is 21.7 Å². The van der Waals surface area contributed by atoms with E-state index >= 15 is 0 Å². The fourth-order valence-electron chi connectivity index (χ4n) is 4.68. The predicted octanol–water partition coefficient (Wildman–Crippen LogP) is 6.08. The number of benzene rings is 1. The largest absolute Gasteiger partial charge is 0.496 e. The first-order chi connectivity index (χ1) is 15.1. The van der Waals surface area contributed by atoms with Crippen molar-refractivity contribution >= 4 is 39.3 Å². The average molecular weight is 564 g/mol. The predicted molar refractivity (Wildman–Crippen MR) is 141 cm³/mol. The second-order valence-corrected chi connectivity index (χ2v) is 11.5. The Bertz CT molecular complexity index is 1070. The van der Waals surface area contributed by atoms with Gasteiger partial charge in [-0.1, -0.05) is 23.5 Å². The molecule has 8 heteroatoms. The molecule has 1 aliphatic rings. The van der Waals surface area contributed by atoms with Crippen molar-refractivity contribution in [3.63, 3.8) is 0 Å². The van der Waals surface area contributed by atoms with Crippen LogP contribution < -0.4 is 9.64 Å². The van der Waals surface area contributed by atoms with Crippen molar-refractivity contribution in [2.45, 2.75) is 57.7 Å². The summed E-state index contributed by atoms with van der Waals surface area (Å²) in [5.74, 6) is 0.789. The molecule has 1 aromatic carbocycles. The van der Waals surface area contributed by atoms with Gasteiger partial charge in [-0.05, 0) is 64.3 Å². The zero-order valence-electron chi connectivity index (χ0n) is 19.5. The maximum absolute atomic E-state index is 5.71. The average Bonchev–Trinajstić information content (AvgIpc) is 3.26. The number of halogens is 1. The van der Waals surface area contributed by atoms with E-state index in [1.54, 1.807) is 24.6 Å². The molecule has 0 unspecified atom stereocenters. The number of ether oxygens (including phenoxy) is 1. The van der Waals surface area contributed by atoms with Crippen LogP contribution >= 0.6 is 34.2 Å². The number of pyridine rings is 1. The number of aromatic nitrogens is 3. The Labute approximate surface area is 208 Å². The Morgan fingerprint density at radius 1 is 1.09 bits per heavy atom. The molecule has 0 spiro atoms. The first kappa shape index (κ1) is 23.4. The molecule has 0 saturated carbocycles. The van der Waals surface area contributed by atoms with E-state index in [2.05, 4.69) is 92.9 Å². The monoisotopic (exact) mass is 563 g/mol. The van der Waals surface area contributed by atoms with Gasteiger partial charge in [0.1, 0.15) is 5.75 Å². The lowest BCUT2D eigenvalue weighted by atomic mass is 9.79. The Morgan fingerprint density at radius 2 is 1.81 bits per heavy atom. The summed E-state index contributed by atoms with van der Waals surface area (Å²) in [4.78, 5) is 6.53. The molecular weight excluding hydrogens is 533 g/mol. The summed E-state index contributed by atoms with van der Waals surface area (Å²) in [5, 5.41) is 10.9. The number of hydrogen-bond acceptors (Lipinski definition) is 7. The van der Waals surface area contributed by atoms with E-state index in [0.29, 0.717) is 6.04 Å². The van der Waals surface area contributed by atoms with E-state index in [9.17, 15) is 0 Å². The topological polar surface area (TPSA) is 54.4 Å². The van der Waals surface area contributed by atoms with E-state index in [-0.39, 0.29) is 11.1 Å². The van der Waals surface area contributed by atoms with Crippen LogP contribution in [0.5, 0.6) is 5.75 Å². The molecule has 0 atom stereocenters. The van der Waals surface area contributed by atoms with E-state index in [1.807, 2.05) is 24.4 Å². The van der Waals surface area contributed by atoms with Crippen LogP contribution in [-0.2, 0) is 0 Å². The fourth-order valence-corrected chi connectivity index (χ4v) is 5.98. The molecule has 4 rings (SSSR count). The van der Waals surface area contributed by atoms with Crippen LogP contribution in [0.2, 0.25) is 0 Å². The highest BCUT2D eigenvalue weighted by molar-refractivity contribution is 14.1. The number of rotatable bonds is 5. The molecule has 1 fully saturated rings. The lowest BCUT2D eigenvalue weighted by Crippen LogP contribution is -2.59. The highest BCUT2D eigenvalue weighted by Gasteiger charge is 2.45. The summed E-state index contributed by atoms with van der Waals surface area (Å²) in [7, 11) is 3.84. The summed E-state index contributed by atoms with van der Waals surface area (Å²) >= 11 is 4.10. The highest BCUT2D eigenvalue weighted by atomic mass is 127. The van der Waals surface area contributed by atoms with Crippen molar-refractivity contribution in [1.82, 2.24) is 18.3 Å². The van der Waals surface area contributed by atoms with Crippen LogP contribution in [0.15, 0.2) is 42.7 Å². The number of methoxy groups -OCH3 is 1. The van der Waals surface area contributed by atoms with Gasteiger partial charge in [-0.3, -0.25) is 4.98 Å². The zero-order valence-corrected chi connectivity index (χ0v) is 22.4. The van der Waals surface area contributed by atoms with E-state index in [0.717, 1.165) is 45.4 Å². The van der Waals surface area contributed by atoms with Crippen molar-refractivity contribution in [2.24, 2.45) is 0 Å². The van der Waals surface area contributed by atoms with Crippen molar-refractivity contribution in [2.75, 3.05) is 19.1 Å². The highest BCUT2D eigenvalue weighted by Crippen LogP contribution is 2.44. The third kappa shape index (κ3) is 4.49. The third-order valence-corrected chi connectivity index (χ3v) is 9.88. The van der Waals surface area contributed by atoms with Gasteiger partial charge in [0.2, 0.25) is 5.13 Å². The second kappa shape index (κ2) is 8.87. The third-order valence-electron chi connectivity index (χ3n) is 6.22. The van der Waals surface area contributed by atoms with Gasteiger partial charge in [0.05, 0.1) is 12.7 Å². The van der Waals surface area contributed by atoms with Gasteiger partial charge < -0.3 is 9.64 Å². The standard InChI is InChI=1S/C24H30IN5OS/c1-23(2)13-18(14-24(3,4)30(23)25)29(5)22-28-27-21(32-22)19-10-9-16(12-20(19)31-6)17-8-7-11-26-15-17/h7-12,15,18H,13-14H2,1-6H3. The van der Waals surface area contributed by atoms with Crippen LogP contribution in [0.3, 0.4) is 0 Å². The molecular formula is C24H30IN5OS. The van der Waals surface area contributed by atoms with Gasteiger partial charge in [0.25, 0.3) is 0 Å². The fraction of sp³-hybridized carbons (Fsp3) is 0.458. The Kier molecular flexibility index (Phi) is 6.48. The van der Waals surface area contributed by atoms with Crippen LogP contribution in [-0.4, -0.2) is 49.6 Å². The van der Waals surface area contributed by atoms with E-state index in [1.165, 1.54) is 0 Å². The van der Waals surface area contributed by atoms with Gasteiger partial charge in [-0.15, -0.1) is 10.2 Å². The quantitative estimate of drug-likeness (QED) is 0.277. The van der Waals surface area contributed by atoms with Crippen molar-refractivity contribution < 1.29 is 4.74 Å². The summed E-state index contributed by atoms with van der Waals surface area (Å²) in [6.45, 7) is 9.28. The van der Waals surface area contributed by atoms with Crippen molar-refractivity contribution in [3.05, 3.63) is 42.7 Å². The summed E-state index contributed by atoms with van der Waals surface area (Å²) in [6, 6.07) is 10.6. The maximum Gasteiger partial charge on any atom is 0.208 e. The normalized spacial score (nSPS) is 18.5. The smallest absolute Gasteiger partial charge is 0.208 e. The Morgan fingerprint density at radius 3 is 2.44 bits per heavy atom. The zero-order chi connectivity index (χ0) is 23.1. The molecule has 3 aromatic rings. The van der Waals surface area contributed by atoms with Gasteiger partial charge in [0.15, 0.2) is 5.01 Å². The molecule has 0 amide bonds. The Hall–Kier alpha value is -1.78. The van der Waals surface area contributed by atoms with E-state index in [4.69, 9.17) is 4.74 Å². The number of piperidine rings is 1. The molecule has 32 heavy (non-hydrogen) atoms. The molecule has 2 aromatic heterocycles. The minimum Gasteiger partial charge on any atom is -0.496 e. The summed E-state index contributed by atoms with van der Waals surface area (Å²) in [6.07, 6.45) is 5.79. The van der Waals surface area contributed by atoms with Crippen LogP contribution in [0.1, 0.15) is 40.5 Å². The lowest BCUT2D eigenvalue weighted by Gasteiger charge is -2.53. The molecule has 0 N–H and O–H groups in total. The molecule has 170 valence electrons. The van der Waals surface area contributed by atoms with Crippen molar-refractivity contribution in [3.8, 4) is 27.4 Å². The molecule has 3 heterocycles. The first-order valence-corrected chi connectivity index (χ1v) is 12.5.